The lowest BCUT2D eigenvalue weighted by molar-refractivity contribution is 0.240. The summed E-state index contributed by atoms with van der Waals surface area (Å²) in [5.41, 5.74) is 4.66. The second-order valence-corrected chi connectivity index (χ2v) is 6.81. The molecular formula is C20H22N4. The number of aromatic nitrogens is 3. The van der Waals surface area contributed by atoms with Crippen molar-refractivity contribution in [3.63, 3.8) is 0 Å². The zero-order valence-electron chi connectivity index (χ0n) is 14.2. The van der Waals surface area contributed by atoms with Gasteiger partial charge in [0, 0.05) is 54.8 Å². The summed E-state index contributed by atoms with van der Waals surface area (Å²) in [5.74, 6) is 1.34. The van der Waals surface area contributed by atoms with Gasteiger partial charge in [-0.15, -0.1) is 0 Å². The molecule has 0 amide bonds. The lowest BCUT2D eigenvalue weighted by atomic mass is 10.1. The maximum absolute atomic E-state index is 4.79. The molecule has 122 valence electrons. The van der Waals surface area contributed by atoms with E-state index in [-0.39, 0.29) is 0 Å². The summed E-state index contributed by atoms with van der Waals surface area (Å²) in [6.07, 6.45) is 3.00. The SMILES string of the molecule is CC(C)c1ncc2c(n1)CCN(Cc1ccc3ccccc3n1)C2. The van der Waals surface area contributed by atoms with Crippen LogP contribution in [0.25, 0.3) is 10.9 Å². The molecule has 0 fully saturated rings. The fourth-order valence-electron chi connectivity index (χ4n) is 3.23. The Hall–Kier alpha value is -2.33. The fraction of sp³-hybridized carbons (Fsp3) is 0.350. The number of para-hydroxylation sites is 1. The van der Waals surface area contributed by atoms with Crippen molar-refractivity contribution in [1.29, 1.82) is 0 Å². The van der Waals surface area contributed by atoms with E-state index in [0.29, 0.717) is 5.92 Å². The second-order valence-electron chi connectivity index (χ2n) is 6.81. The Labute approximate surface area is 142 Å². The number of hydrogen-bond acceptors (Lipinski definition) is 4. The van der Waals surface area contributed by atoms with Crippen molar-refractivity contribution in [3.05, 3.63) is 65.4 Å². The van der Waals surface area contributed by atoms with Gasteiger partial charge in [0.25, 0.3) is 0 Å². The summed E-state index contributed by atoms with van der Waals surface area (Å²) in [6, 6.07) is 12.6. The van der Waals surface area contributed by atoms with Crippen LogP contribution in [0, 0.1) is 0 Å². The van der Waals surface area contributed by atoms with Gasteiger partial charge < -0.3 is 0 Å². The first-order chi connectivity index (χ1) is 11.7. The van der Waals surface area contributed by atoms with Crippen molar-refractivity contribution >= 4 is 10.9 Å². The molecule has 24 heavy (non-hydrogen) atoms. The molecule has 2 aromatic heterocycles. The molecule has 0 saturated heterocycles. The normalized spacial score (nSPS) is 15.0. The number of pyridine rings is 1. The second kappa shape index (κ2) is 6.29. The summed E-state index contributed by atoms with van der Waals surface area (Å²) in [6.45, 7) is 7.08. The summed E-state index contributed by atoms with van der Waals surface area (Å²) >= 11 is 0. The molecule has 0 N–H and O–H groups in total. The Bertz CT molecular complexity index is 872. The Morgan fingerprint density at radius 2 is 1.96 bits per heavy atom. The predicted molar refractivity (Wildman–Crippen MR) is 95.7 cm³/mol. The first kappa shape index (κ1) is 15.2. The molecule has 0 aliphatic carbocycles. The highest BCUT2D eigenvalue weighted by Crippen LogP contribution is 2.21. The van der Waals surface area contributed by atoms with E-state index in [2.05, 4.69) is 54.1 Å². The molecule has 1 aliphatic rings. The number of benzene rings is 1. The van der Waals surface area contributed by atoms with E-state index in [9.17, 15) is 0 Å². The molecule has 0 bridgehead atoms. The number of rotatable bonds is 3. The van der Waals surface area contributed by atoms with E-state index in [1.807, 2.05) is 12.3 Å². The van der Waals surface area contributed by atoms with Crippen LogP contribution in [0.5, 0.6) is 0 Å². The lowest BCUT2D eigenvalue weighted by Gasteiger charge is -2.28. The van der Waals surface area contributed by atoms with E-state index in [4.69, 9.17) is 9.97 Å². The minimum Gasteiger partial charge on any atom is -0.293 e. The van der Waals surface area contributed by atoms with E-state index in [0.717, 1.165) is 43.1 Å². The maximum atomic E-state index is 4.79. The molecule has 3 heterocycles. The van der Waals surface area contributed by atoms with Gasteiger partial charge in [0.1, 0.15) is 5.82 Å². The zero-order valence-corrected chi connectivity index (χ0v) is 14.2. The van der Waals surface area contributed by atoms with Crippen molar-refractivity contribution in [2.75, 3.05) is 6.54 Å². The van der Waals surface area contributed by atoms with Gasteiger partial charge in [-0.2, -0.15) is 0 Å². The van der Waals surface area contributed by atoms with Crippen molar-refractivity contribution in [3.8, 4) is 0 Å². The highest BCUT2D eigenvalue weighted by Gasteiger charge is 2.19. The molecule has 0 saturated carbocycles. The largest absolute Gasteiger partial charge is 0.293 e. The van der Waals surface area contributed by atoms with Crippen LogP contribution >= 0.6 is 0 Å². The number of fused-ring (bicyclic) bond motifs is 2. The third-order valence-corrected chi connectivity index (χ3v) is 4.59. The first-order valence-corrected chi connectivity index (χ1v) is 8.61. The van der Waals surface area contributed by atoms with Crippen molar-refractivity contribution in [2.45, 2.75) is 39.3 Å². The molecule has 1 aliphatic heterocycles. The van der Waals surface area contributed by atoms with Crippen LogP contribution in [0.1, 0.15) is 42.5 Å². The van der Waals surface area contributed by atoms with Gasteiger partial charge >= 0.3 is 0 Å². The maximum Gasteiger partial charge on any atom is 0.131 e. The summed E-state index contributed by atoms with van der Waals surface area (Å²) in [4.78, 5) is 16.5. The van der Waals surface area contributed by atoms with Gasteiger partial charge in [-0.25, -0.2) is 9.97 Å². The highest BCUT2D eigenvalue weighted by molar-refractivity contribution is 5.78. The smallest absolute Gasteiger partial charge is 0.131 e. The van der Waals surface area contributed by atoms with Crippen LogP contribution in [0.2, 0.25) is 0 Å². The number of nitrogens with zero attached hydrogens (tertiary/aromatic N) is 4. The molecule has 3 aromatic rings. The van der Waals surface area contributed by atoms with E-state index >= 15 is 0 Å². The lowest BCUT2D eigenvalue weighted by Crippen LogP contribution is -2.31. The Morgan fingerprint density at radius 1 is 1.08 bits per heavy atom. The number of hydrogen-bond donors (Lipinski definition) is 0. The quantitative estimate of drug-likeness (QED) is 0.738. The summed E-state index contributed by atoms with van der Waals surface area (Å²) in [7, 11) is 0. The standard InChI is InChI=1S/C20H22N4/c1-14(2)20-21-11-16-12-24(10-9-19(16)23-20)13-17-8-7-15-5-3-4-6-18(15)22-17/h3-8,11,14H,9-10,12-13H2,1-2H3. The van der Waals surface area contributed by atoms with E-state index in [1.165, 1.54) is 16.6 Å². The van der Waals surface area contributed by atoms with Gasteiger partial charge in [0.15, 0.2) is 0 Å². The van der Waals surface area contributed by atoms with Crippen LogP contribution in [0.3, 0.4) is 0 Å². The van der Waals surface area contributed by atoms with Gasteiger partial charge in [-0.05, 0) is 12.1 Å². The highest BCUT2D eigenvalue weighted by atomic mass is 15.1. The zero-order chi connectivity index (χ0) is 16.5. The van der Waals surface area contributed by atoms with Crippen LogP contribution in [0.4, 0.5) is 0 Å². The molecule has 4 heteroatoms. The van der Waals surface area contributed by atoms with Gasteiger partial charge in [-0.1, -0.05) is 38.1 Å². The Morgan fingerprint density at radius 3 is 2.83 bits per heavy atom. The van der Waals surface area contributed by atoms with E-state index in [1.54, 1.807) is 0 Å². The summed E-state index contributed by atoms with van der Waals surface area (Å²) < 4.78 is 0. The van der Waals surface area contributed by atoms with Crippen molar-refractivity contribution < 1.29 is 0 Å². The van der Waals surface area contributed by atoms with Crippen LogP contribution in [0.15, 0.2) is 42.6 Å². The van der Waals surface area contributed by atoms with Crippen LogP contribution < -0.4 is 0 Å². The van der Waals surface area contributed by atoms with Gasteiger partial charge in [0.05, 0.1) is 11.2 Å². The average molecular weight is 318 g/mol. The first-order valence-electron chi connectivity index (χ1n) is 8.61. The Balaban J connectivity index is 1.51. The van der Waals surface area contributed by atoms with E-state index < -0.39 is 0 Å². The molecule has 0 atom stereocenters. The Kier molecular flexibility index (Phi) is 3.98. The van der Waals surface area contributed by atoms with Crippen LogP contribution in [-0.4, -0.2) is 26.4 Å². The monoisotopic (exact) mass is 318 g/mol. The molecule has 1 aromatic carbocycles. The van der Waals surface area contributed by atoms with Gasteiger partial charge in [0.2, 0.25) is 0 Å². The molecule has 0 radical (unpaired) electrons. The van der Waals surface area contributed by atoms with Crippen molar-refractivity contribution in [1.82, 2.24) is 19.9 Å². The topological polar surface area (TPSA) is 41.9 Å². The van der Waals surface area contributed by atoms with Crippen molar-refractivity contribution in [2.24, 2.45) is 0 Å². The third-order valence-electron chi connectivity index (χ3n) is 4.59. The molecule has 0 spiro atoms. The predicted octanol–water partition coefficient (Wildman–Crippen LogP) is 3.71. The fourth-order valence-corrected chi connectivity index (χ4v) is 3.23. The molecular weight excluding hydrogens is 296 g/mol. The average Bonchev–Trinajstić information content (AvgIpc) is 2.61. The van der Waals surface area contributed by atoms with Crippen LogP contribution in [-0.2, 0) is 19.5 Å². The molecule has 4 nitrogen and oxygen atoms in total. The third kappa shape index (κ3) is 3.02. The molecule has 0 unspecified atom stereocenters. The molecule has 4 rings (SSSR count). The minimum atomic E-state index is 0.384. The summed E-state index contributed by atoms with van der Waals surface area (Å²) in [5, 5.41) is 1.19. The minimum absolute atomic E-state index is 0.384. The van der Waals surface area contributed by atoms with Gasteiger partial charge in [-0.3, -0.25) is 9.88 Å².